The average molecular weight is 360 g/mol. The smallest absolute Gasteiger partial charge is 0.263 e. The van der Waals surface area contributed by atoms with Crippen molar-refractivity contribution in [2.75, 3.05) is 11.9 Å². The molecule has 0 bridgehead atoms. The topological polar surface area (TPSA) is 56.1 Å². The van der Waals surface area contributed by atoms with Crippen LogP contribution in [0.5, 0.6) is 5.75 Å². The Bertz CT molecular complexity index is 848. The highest BCUT2D eigenvalue weighted by molar-refractivity contribution is 6.30. The minimum atomic E-state index is -0.318. The van der Waals surface area contributed by atoms with Crippen LogP contribution in [0.3, 0.4) is 0 Å². The van der Waals surface area contributed by atoms with Crippen LogP contribution in [0.1, 0.15) is 5.56 Å². The number of hydrogen-bond acceptors (Lipinski definition) is 3. The number of halogens is 2. The zero-order valence-electron chi connectivity index (χ0n) is 13.2. The summed E-state index contributed by atoms with van der Waals surface area (Å²) in [5.74, 6) is 0.382. The SMILES string of the molecule is O=C(COc1ccc(Cl)cc1)Nc1ccn(Cc2ccc(F)cc2)n1. The Morgan fingerprint density at radius 3 is 2.56 bits per heavy atom. The summed E-state index contributed by atoms with van der Waals surface area (Å²) >= 11 is 5.79. The maximum Gasteiger partial charge on any atom is 0.263 e. The molecule has 0 spiro atoms. The highest BCUT2D eigenvalue weighted by Crippen LogP contribution is 2.15. The Morgan fingerprint density at radius 2 is 1.84 bits per heavy atom. The van der Waals surface area contributed by atoms with E-state index in [1.54, 1.807) is 53.3 Å². The van der Waals surface area contributed by atoms with Crippen LogP contribution in [0.25, 0.3) is 0 Å². The van der Waals surface area contributed by atoms with E-state index in [4.69, 9.17) is 16.3 Å². The molecule has 1 amide bonds. The summed E-state index contributed by atoms with van der Waals surface area (Å²) in [6.45, 7) is 0.351. The number of nitrogens with zero attached hydrogens (tertiary/aromatic N) is 2. The molecule has 3 aromatic rings. The van der Waals surface area contributed by atoms with Gasteiger partial charge in [0.1, 0.15) is 11.6 Å². The molecule has 0 radical (unpaired) electrons. The van der Waals surface area contributed by atoms with Gasteiger partial charge in [-0.25, -0.2) is 4.39 Å². The highest BCUT2D eigenvalue weighted by Gasteiger charge is 2.07. The number of amides is 1. The Labute approximate surface area is 149 Å². The molecule has 0 aliphatic rings. The molecule has 2 aromatic carbocycles. The number of anilines is 1. The molecule has 5 nitrogen and oxygen atoms in total. The van der Waals surface area contributed by atoms with Gasteiger partial charge < -0.3 is 10.1 Å². The number of hydrogen-bond donors (Lipinski definition) is 1. The molecule has 0 saturated heterocycles. The van der Waals surface area contributed by atoms with Crippen molar-refractivity contribution in [2.45, 2.75) is 6.54 Å². The fraction of sp³-hybridized carbons (Fsp3) is 0.111. The first-order valence-electron chi connectivity index (χ1n) is 7.54. The summed E-state index contributed by atoms with van der Waals surface area (Å²) in [5.41, 5.74) is 0.911. The fourth-order valence-corrected chi connectivity index (χ4v) is 2.28. The molecule has 0 aliphatic carbocycles. The zero-order valence-corrected chi connectivity index (χ0v) is 13.9. The van der Waals surface area contributed by atoms with Gasteiger partial charge in [-0.2, -0.15) is 5.10 Å². The lowest BCUT2D eigenvalue weighted by Crippen LogP contribution is -2.20. The summed E-state index contributed by atoms with van der Waals surface area (Å²) in [4.78, 5) is 11.9. The summed E-state index contributed by atoms with van der Waals surface area (Å²) in [7, 11) is 0. The lowest BCUT2D eigenvalue weighted by molar-refractivity contribution is -0.118. The summed E-state index contributed by atoms with van der Waals surface area (Å²) in [5, 5.41) is 7.51. The number of ether oxygens (including phenoxy) is 1. The molecular formula is C18H15ClFN3O2. The van der Waals surface area contributed by atoms with Crippen molar-refractivity contribution < 1.29 is 13.9 Å². The molecule has 1 aromatic heterocycles. The summed E-state index contributed by atoms with van der Waals surface area (Å²) in [6, 6.07) is 14.6. The Kier molecular flexibility index (Phi) is 5.30. The Balaban J connectivity index is 1.51. The van der Waals surface area contributed by atoms with E-state index < -0.39 is 0 Å². The number of aromatic nitrogens is 2. The minimum absolute atomic E-state index is 0.132. The first-order chi connectivity index (χ1) is 12.1. The molecule has 1 N–H and O–H groups in total. The van der Waals surface area contributed by atoms with Crippen molar-refractivity contribution in [3.8, 4) is 5.75 Å². The van der Waals surface area contributed by atoms with Gasteiger partial charge in [0.15, 0.2) is 12.4 Å². The molecule has 3 rings (SSSR count). The average Bonchev–Trinajstić information content (AvgIpc) is 3.03. The van der Waals surface area contributed by atoms with Crippen molar-refractivity contribution in [1.29, 1.82) is 0 Å². The maximum atomic E-state index is 12.9. The van der Waals surface area contributed by atoms with E-state index >= 15 is 0 Å². The molecule has 128 valence electrons. The molecule has 1 heterocycles. The molecule has 0 unspecified atom stereocenters. The van der Waals surface area contributed by atoms with Crippen molar-refractivity contribution in [3.05, 3.63) is 77.2 Å². The molecule has 7 heteroatoms. The Hall–Kier alpha value is -2.86. The molecule has 25 heavy (non-hydrogen) atoms. The molecule has 0 fully saturated rings. The number of benzene rings is 2. The minimum Gasteiger partial charge on any atom is -0.484 e. The molecular weight excluding hydrogens is 345 g/mol. The molecule has 0 saturated carbocycles. The van der Waals surface area contributed by atoms with Crippen LogP contribution in [0.4, 0.5) is 10.2 Å². The lowest BCUT2D eigenvalue weighted by atomic mass is 10.2. The van der Waals surface area contributed by atoms with E-state index in [2.05, 4.69) is 10.4 Å². The normalized spacial score (nSPS) is 10.5. The second kappa shape index (κ2) is 7.81. The van der Waals surface area contributed by atoms with Gasteiger partial charge in [-0.05, 0) is 42.0 Å². The number of carbonyl (C=O) groups is 1. The number of nitrogens with one attached hydrogen (secondary N) is 1. The van der Waals surface area contributed by atoms with Gasteiger partial charge in [0.05, 0.1) is 6.54 Å². The van der Waals surface area contributed by atoms with E-state index in [1.807, 2.05) is 0 Å². The van der Waals surface area contributed by atoms with Crippen LogP contribution in [0, 0.1) is 5.82 Å². The van der Waals surface area contributed by atoms with Crippen LogP contribution in [0.15, 0.2) is 60.8 Å². The second-order valence-corrected chi connectivity index (χ2v) is 5.75. The van der Waals surface area contributed by atoms with E-state index in [-0.39, 0.29) is 18.3 Å². The third-order valence-electron chi connectivity index (χ3n) is 3.35. The van der Waals surface area contributed by atoms with Crippen molar-refractivity contribution in [2.24, 2.45) is 0 Å². The predicted octanol–water partition coefficient (Wildman–Crippen LogP) is 3.74. The third-order valence-corrected chi connectivity index (χ3v) is 3.60. The van der Waals surface area contributed by atoms with Crippen LogP contribution in [-0.4, -0.2) is 22.3 Å². The zero-order chi connectivity index (χ0) is 17.6. The quantitative estimate of drug-likeness (QED) is 0.729. The van der Waals surface area contributed by atoms with Gasteiger partial charge in [-0.3, -0.25) is 9.48 Å². The summed E-state index contributed by atoms with van der Waals surface area (Å²) < 4.78 is 19.9. The molecule has 0 aliphatic heterocycles. The lowest BCUT2D eigenvalue weighted by Gasteiger charge is -2.06. The van der Waals surface area contributed by atoms with Crippen molar-refractivity contribution in [3.63, 3.8) is 0 Å². The van der Waals surface area contributed by atoms with Gasteiger partial charge in [0.2, 0.25) is 0 Å². The number of rotatable bonds is 6. The van der Waals surface area contributed by atoms with Gasteiger partial charge >= 0.3 is 0 Å². The highest BCUT2D eigenvalue weighted by atomic mass is 35.5. The van der Waals surface area contributed by atoms with Gasteiger partial charge in [0.25, 0.3) is 5.91 Å². The number of carbonyl (C=O) groups excluding carboxylic acids is 1. The van der Waals surface area contributed by atoms with Crippen LogP contribution in [0.2, 0.25) is 5.02 Å². The Morgan fingerprint density at radius 1 is 1.12 bits per heavy atom. The van der Waals surface area contributed by atoms with Gasteiger partial charge in [0, 0.05) is 17.3 Å². The third kappa shape index (κ3) is 5.06. The first kappa shape index (κ1) is 17.0. The van der Waals surface area contributed by atoms with E-state index in [9.17, 15) is 9.18 Å². The van der Waals surface area contributed by atoms with Crippen LogP contribution in [-0.2, 0) is 11.3 Å². The summed E-state index contributed by atoms with van der Waals surface area (Å²) in [6.07, 6.45) is 1.74. The maximum absolute atomic E-state index is 12.9. The predicted molar refractivity (Wildman–Crippen MR) is 93.3 cm³/mol. The van der Waals surface area contributed by atoms with Gasteiger partial charge in [-0.15, -0.1) is 0 Å². The van der Waals surface area contributed by atoms with E-state index in [0.29, 0.717) is 23.1 Å². The largest absolute Gasteiger partial charge is 0.484 e. The van der Waals surface area contributed by atoms with Crippen LogP contribution >= 0.6 is 11.6 Å². The second-order valence-electron chi connectivity index (χ2n) is 5.32. The van der Waals surface area contributed by atoms with Crippen LogP contribution < -0.4 is 10.1 Å². The van der Waals surface area contributed by atoms with Gasteiger partial charge in [-0.1, -0.05) is 23.7 Å². The van der Waals surface area contributed by atoms with E-state index in [1.165, 1.54) is 12.1 Å². The van der Waals surface area contributed by atoms with E-state index in [0.717, 1.165) is 5.56 Å². The monoisotopic (exact) mass is 359 g/mol. The molecule has 0 atom stereocenters. The standard InChI is InChI=1S/C18H15ClFN3O2/c19-14-3-7-16(8-4-14)25-12-18(24)21-17-9-10-23(22-17)11-13-1-5-15(20)6-2-13/h1-10H,11-12H2,(H,21,22,24). The fourth-order valence-electron chi connectivity index (χ4n) is 2.15. The first-order valence-corrected chi connectivity index (χ1v) is 7.92. The van der Waals surface area contributed by atoms with Crippen molar-refractivity contribution >= 4 is 23.3 Å². The van der Waals surface area contributed by atoms with Crippen molar-refractivity contribution in [1.82, 2.24) is 9.78 Å².